The van der Waals surface area contributed by atoms with Gasteiger partial charge in [0.15, 0.2) is 0 Å². The number of carbonyl (C=O) groups is 1. The van der Waals surface area contributed by atoms with E-state index in [1.54, 1.807) is 25.4 Å². The molecule has 29 heavy (non-hydrogen) atoms. The number of ether oxygens (including phenoxy) is 1. The van der Waals surface area contributed by atoms with Gasteiger partial charge in [-0.05, 0) is 30.2 Å². The molecule has 0 bridgehead atoms. The highest BCUT2D eigenvalue weighted by Crippen LogP contribution is 2.43. The van der Waals surface area contributed by atoms with Crippen LogP contribution >= 0.6 is 11.8 Å². The average molecular weight is 404 g/mol. The number of benzene rings is 1. The van der Waals surface area contributed by atoms with Gasteiger partial charge in [0.25, 0.3) is 0 Å². The second-order valence-electron chi connectivity index (χ2n) is 6.17. The summed E-state index contributed by atoms with van der Waals surface area (Å²) >= 11 is 1.48. The highest BCUT2D eigenvalue weighted by atomic mass is 32.2. The third-order valence-corrected chi connectivity index (χ3v) is 5.41. The molecule has 0 amide bonds. The summed E-state index contributed by atoms with van der Waals surface area (Å²) in [4.78, 5) is 17.1. The fourth-order valence-corrected chi connectivity index (χ4v) is 3.97. The molecular weight excluding hydrogens is 382 g/mol. The smallest absolute Gasteiger partial charge is 0.337 e. The van der Waals surface area contributed by atoms with Crippen molar-refractivity contribution >= 4 is 23.4 Å². The molecule has 5 nitrogen and oxygen atoms in total. The highest BCUT2D eigenvalue weighted by Gasteiger charge is 2.37. The molecule has 0 saturated carbocycles. The van der Waals surface area contributed by atoms with Gasteiger partial charge < -0.3 is 10.1 Å². The van der Waals surface area contributed by atoms with Crippen LogP contribution in [0, 0.1) is 11.3 Å². The zero-order valence-corrected chi connectivity index (χ0v) is 16.9. The van der Waals surface area contributed by atoms with E-state index >= 15 is 0 Å². The van der Waals surface area contributed by atoms with Crippen molar-refractivity contribution in [2.75, 3.05) is 12.4 Å². The first-order chi connectivity index (χ1) is 14.2. The topological polar surface area (TPSA) is 75.0 Å². The number of carbonyl (C=O) groups excluding carboxylic acids is 1. The number of nitrogens with zero attached hydrogens (tertiary/aromatic N) is 2. The second kappa shape index (κ2) is 9.76. The molecule has 0 aliphatic carbocycles. The molecule has 1 atom stereocenters. The molecule has 1 unspecified atom stereocenters. The maximum absolute atomic E-state index is 13.1. The Hall–Kier alpha value is -3.30. The normalized spacial score (nSPS) is 16.1. The van der Waals surface area contributed by atoms with Crippen molar-refractivity contribution in [2.24, 2.45) is 0 Å². The minimum atomic E-state index is -0.550. The summed E-state index contributed by atoms with van der Waals surface area (Å²) in [5.41, 5.74) is 3.21. The average Bonchev–Trinajstić information content (AvgIpc) is 2.77. The number of thioether (sulfide) groups is 1. The number of nitrogens with one attached hydrogen (secondary N) is 1. The molecule has 1 aliphatic heterocycles. The van der Waals surface area contributed by atoms with E-state index in [1.165, 1.54) is 11.8 Å². The highest BCUT2D eigenvalue weighted by molar-refractivity contribution is 8.03. The fourth-order valence-electron chi connectivity index (χ4n) is 3.19. The monoisotopic (exact) mass is 403 g/mol. The largest absolute Gasteiger partial charge is 0.463 e. The lowest BCUT2D eigenvalue weighted by Crippen LogP contribution is -2.29. The number of rotatable bonds is 7. The summed E-state index contributed by atoms with van der Waals surface area (Å²) in [7, 11) is 0. The Kier molecular flexibility index (Phi) is 6.88. The van der Waals surface area contributed by atoms with Gasteiger partial charge in [0, 0.05) is 18.1 Å². The van der Waals surface area contributed by atoms with E-state index < -0.39 is 11.9 Å². The van der Waals surface area contributed by atoms with Crippen LogP contribution in [0.2, 0.25) is 0 Å². The second-order valence-corrected chi connectivity index (χ2v) is 7.20. The number of esters is 1. The molecule has 3 rings (SSSR count). The van der Waals surface area contributed by atoms with Crippen molar-refractivity contribution in [3.8, 4) is 6.07 Å². The molecular formula is C23H21N3O2S. The third-order valence-electron chi connectivity index (χ3n) is 4.39. The molecule has 1 aliphatic rings. The van der Waals surface area contributed by atoms with Crippen LogP contribution in [0.5, 0.6) is 0 Å². The Labute approximate surface area is 174 Å². The quantitative estimate of drug-likeness (QED) is 0.546. The predicted molar refractivity (Wildman–Crippen MR) is 115 cm³/mol. The van der Waals surface area contributed by atoms with Crippen LogP contribution in [0.4, 0.5) is 0 Å². The molecule has 0 spiro atoms. The fraction of sp³-hybridized carbons (Fsp3) is 0.174. The predicted octanol–water partition coefficient (Wildman–Crippen LogP) is 4.40. The maximum Gasteiger partial charge on any atom is 0.337 e. The summed E-state index contributed by atoms with van der Waals surface area (Å²) < 4.78 is 5.39. The van der Waals surface area contributed by atoms with Gasteiger partial charge in [-0.2, -0.15) is 5.26 Å². The van der Waals surface area contributed by atoms with Crippen molar-refractivity contribution < 1.29 is 9.53 Å². The molecule has 2 aromatic rings. The molecule has 1 aromatic carbocycles. The molecule has 0 radical (unpaired) electrons. The number of hydrogen-bond acceptors (Lipinski definition) is 6. The SMILES string of the molecule is C=CCSC1=C(C#N)C(c2ccncc2)C(C(=O)OCC)=C(c2ccccc2)N1. The van der Waals surface area contributed by atoms with Crippen LogP contribution in [-0.2, 0) is 9.53 Å². The molecule has 0 saturated heterocycles. The summed E-state index contributed by atoms with van der Waals surface area (Å²) in [6.45, 7) is 5.79. The Balaban J connectivity index is 2.27. The van der Waals surface area contributed by atoms with Crippen LogP contribution in [-0.4, -0.2) is 23.3 Å². The number of dihydropyridines is 1. The van der Waals surface area contributed by atoms with Crippen LogP contribution in [0.1, 0.15) is 24.0 Å². The standard InChI is InChI=1S/C23H21N3O2S/c1-3-14-29-22-18(15-24)19(16-10-12-25-13-11-16)20(23(27)28-4-2)21(26-22)17-8-6-5-7-9-17/h3,5-13,19,26H,1,4,14H2,2H3. The Bertz CT molecular complexity index is 992. The molecule has 1 aromatic heterocycles. The van der Waals surface area contributed by atoms with Crippen LogP contribution in [0.3, 0.4) is 0 Å². The first kappa shape index (κ1) is 20.4. The zero-order chi connectivity index (χ0) is 20.6. The lowest BCUT2D eigenvalue weighted by Gasteiger charge is -2.30. The van der Waals surface area contributed by atoms with E-state index in [1.807, 2.05) is 42.5 Å². The summed E-state index contributed by atoms with van der Waals surface area (Å²) in [6.07, 6.45) is 5.10. The van der Waals surface area contributed by atoms with Crippen molar-refractivity contribution in [2.45, 2.75) is 12.8 Å². The van der Waals surface area contributed by atoms with Crippen molar-refractivity contribution in [1.29, 1.82) is 5.26 Å². The van der Waals surface area contributed by atoms with Gasteiger partial charge in [-0.3, -0.25) is 4.98 Å². The maximum atomic E-state index is 13.1. The van der Waals surface area contributed by atoms with Gasteiger partial charge in [0.2, 0.25) is 0 Å². The minimum absolute atomic E-state index is 0.247. The van der Waals surface area contributed by atoms with Gasteiger partial charge in [-0.1, -0.05) is 36.4 Å². The van der Waals surface area contributed by atoms with Crippen LogP contribution < -0.4 is 5.32 Å². The first-order valence-electron chi connectivity index (χ1n) is 9.22. The summed E-state index contributed by atoms with van der Waals surface area (Å²) in [5, 5.41) is 14.0. The van der Waals surface area contributed by atoms with E-state index in [2.05, 4.69) is 22.9 Å². The van der Waals surface area contributed by atoms with Crippen molar-refractivity contribution in [3.63, 3.8) is 0 Å². The number of hydrogen-bond donors (Lipinski definition) is 1. The Morgan fingerprint density at radius 2 is 2.03 bits per heavy atom. The zero-order valence-electron chi connectivity index (χ0n) is 16.1. The molecule has 0 fully saturated rings. The van der Waals surface area contributed by atoms with Gasteiger partial charge in [-0.25, -0.2) is 4.79 Å². The van der Waals surface area contributed by atoms with Crippen molar-refractivity contribution in [1.82, 2.24) is 10.3 Å². The van der Waals surface area contributed by atoms with E-state index in [0.717, 1.165) is 11.1 Å². The number of pyridine rings is 1. The molecule has 1 N–H and O–H groups in total. The number of nitriles is 1. The Morgan fingerprint density at radius 1 is 1.31 bits per heavy atom. The van der Waals surface area contributed by atoms with Crippen LogP contribution in [0.25, 0.3) is 5.70 Å². The van der Waals surface area contributed by atoms with Gasteiger partial charge in [0.05, 0.1) is 40.5 Å². The third kappa shape index (κ3) is 4.41. The van der Waals surface area contributed by atoms with E-state index in [-0.39, 0.29) is 6.61 Å². The van der Waals surface area contributed by atoms with E-state index in [0.29, 0.717) is 27.6 Å². The summed E-state index contributed by atoms with van der Waals surface area (Å²) in [6, 6.07) is 15.6. The minimum Gasteiger partial charge on any atom is -0.463 e. The molecule has 2 heterocycles. The Morgan fingerprint density at radius 3 is 2.66 bits per heavy atom. The van der Waals surface area contributed by atoms with Crippen LogP contribution in [0.15, 0.2) is 83.7 Å². The first-order valence-corrected chi connectivity index (χ1v) is 10.2. The number of allylic oxidation sites excluding steroid dienone is 1. The van der Waals surface area contributed by atoms with Gasteiger partial charge in [0.1, 0.15) is 0 Å². The van der Waals surface area contributed by atoms with Crippen molar-refractivity contribution in [3.05, 3.63) is 94.8 Å². The van der Waals surface area contributed by atoms with Gasteiger partial charge >= 0.3 is 5.97 Å². The lowest BCUT2D eigenvalue weighted by atomic mass is 9.81. The summed E-state index contributed by atoms with van der Waals surface area (Å²) in [5.74, 6) is -0.361. The van der Waals surface area contributed by atoms with Gasteiger partial charge in [-0.15, -0.1) is 18.3 Å². The molecule has 146 valence electrons. The lowest BCUT2D eigenvalue weighted by molar-refractivity contribution is -0.138. The molecule has 6 heteroatoms. The number of aromatic nitrogens is 1. The van der Waals surface area contributed by atoms with E-state index in [4.69, 9.17) is 4.74 Å². The van der Waals surface area contributed by atoms with E-state index in [9.17, 15) is 10.1 Å².